The van der Waals surface area contributed by atoms with E-state index in [2.05, 4.69) is 4.74 Å². The van der Waals surface area contributed by atoms with Gasteiger partial charge in [0.1, 0.15) is 0 Å². The highest BCUT2D eigenvalue weighted by molar-refractivity contribution is 7.87. The fraction of sp³-hybridized carbons (Fsp3) is 0.875. The first kappa shape index (κ1) is 17.1. The van der Waals surface area contributed by atoms with E-state index in [9.17, 15) is 30.8 Å². The molecule has 108 valence electrons. The number of halogens is 4. The van der Waals surface area contributed by atoms with Crippen LogP contribution in [0.25, 0.3) is 0 Å². The zero-order valence-corrected chi connectivity index (χ0v) is 10.1. The van der Waals surface area contributed by atoms with E-state index in [0.717, 1.165) is 0 Å². The second-order valence-electron chi connectivity index (χ2n) is 3.37. The largest absolute Gasteiger partial charge is 0.466 e. The summed E-state index contributed by atoms with van der Waals surface area (Å²) in [7, 11) is -6.21. The molecule has 0 atom stereocenters. The molecule has 0 aromatic rings. The van der Waals surface area contributed by atoms with E-state index >= 15 is 0 Å². The van der Waals surface area contributed by atoms with Crippen molar-refractivity contribution in [3.63, 3.8) is 0 Å². The van der Waals surface area contributed by atoms with Gasteiger partial charge in [0.25, 0.3) is 0 Å². The quantitative estimate of drug-likeness (QED) is 0.335. The Morgan fingerprint density at radius 1 is 1.28 bits per heavy atom. The van der Waals surface area contributed by atoms with Crippen molar-refractivity contribution in [2.45, 2.75) is 37.4 Å². The van der Waals surface area contributed by atoms with Gasteiger partial charge >= 0.3 is 27.3 Å². The second kappa shape index (κ2) is 5.83. The van der Waals surface area contributed by atoms with Crippen LogP contribution in [0, 0.1) is 0 Å². The topological polar surface area (TPSA) is 80.7 Å². The van der Waals surface area contributed by atoms with Crippen molar-refractivity contribution in [3.8, 4) is 0 Å². The summed E-state index contributed by atoms with van der Waals surface area (Å²) in [5, 5.41) is -5.57. The van der Waals surface area contributed by atoms with Gasteiger partial charge in [-0.25, -0.2) is 0 Å². The fourth-order valence-electron chi connectivity index (χ4n) is 0.916. The molecule has 0 radical (unpaired) electrons. The van der Waals surface area contributed by atoms with Gasteiger partial charge in [0, 0.05) is 12.8 Å². The van der Waals surface area contributed by atoms with Gasteiger partial charge in [-0.3, -0.25) is 9.35 Å². The summed E-state index contributed by atoms with van der Waals surface area (Å²) >= 11 is 0. The summed E-state index contributed by atoms with van der Waals surface area (Å²) in [4.78, 5) is 10.6. The lowest BCUT2D eigenvalue weighted by atomic mass is 10.2. The van der Waals surface area contributed by atoms with Gasteiger partial charge in [-0.1, -0.05) is 6.92 Å². The number of ether oxygens (including phenoxy) is 1. The van der Waals surface area contributed by atoms with Crippen molar-refractivity contribution in [1.82, 2.24) is 0 Å². The molecule has 0 aromatic carbocycles. The van der Waals surface area contributed by atoms with Crippen LogP contribution in [0.5, 0.6) is 0 Å². The van der Waals surface area contributed by atoms with Crippen LogP contribution in [0.2, 0.25) is 0 Å². The highest BCUT2D eigenvalue weighted by atomic mass is 32.2. The molecule has 0 saturated carbocycles. The summed E-state index contributed by atoms with van der Waals surface area (Å²) in [6.07, 6.45) is -2.21. The Hall–Kier alpha value is -0.900. The number of hydrogen-bond donors (Lipinski definition) is 1. The molecular formula is C8H12F4O5S. The second-order valence-corrected chi connectivity index (χ2v) is 4.84. The number of carbonyl (C=O) groups is 1. The molecule has 0 amide bonds. The summed E-state index contributed by atoms with van der Waals surface area (Å²) in [5.74, 6) is -5.64. The van der Waals surface area contributed by atoms with E-state index in [1.54, 1.807) is 0 Å². The minimum absolute atomic E-state index is 0.00241. The van der Waals surface area contributed by atoms with E-state index in [-0.39, 0.29) is 6.42 Å². The van der Waals surface area contributed by atoms with Crippen molar-refractivity contribution in [2.75, 3.05) is 6.61 Å². The number of esters is 1. The Morgan fingerprint density at radius 2 is 1.78 bits per heavy atom. The average Bonchev–Trinajstić information content (AvgIpc) is 2.22. The molecular weight excluding hydrogens is 284 g/mol. The van der Waals surface area contributed by atoms with Crippen molar-refractivity contribution < 1.29 is 40.1 Å². The summed E-state index contributed by atoms with van der Waals surface area (Å²) in [6, 6.07) is 0. The van der Waals surface area contributed by atoms with Crippen LogP contribution in [0.15, 0.2) is 0 Å². The number of alkyl halides is 4. The molecule has 0 aromatic heterocycles. The molecule has 10 heteroatoms. The fourth-order valence-corrected chi connectivity index (χ4v) is 1.40. The minimum Gasteiger partial charge on any atom is -0.466 e. The maximum absolute atomic E-state index is 12.9. The maximum atomic E-state index is 12.9. The molecule has 0 fully saturated rings. The molecule has 0 heterocycles. The Balaban J connectivity index is 4.45. The van der Waals surface area contributed by atoms with E-state index in [1.807, 2.05) is 0 Å². The van der Waals surface area contributed by atoms with Crippen LogP contribution in [-0.4, -0.2) is 36.7 Å². The van der Waals surface area contributed by atoms with Crippen LogP contribution in [0.3, 0.4) is 0 Å². The zero-order chi connectivity index (χ0) is 14.6. The molecule has 0 spiro atoms. The average molecular weight is 296 g/mol. The summed E-state index contributed by atoms with van der Waals surface area (Å²) < 4.78 is 83.7. The first-order valence-electron chi connectivity index (χ1n) is 4.84. The predicted octanol–water partition coefficient (Wildman–Crippen LogP) is 1.84. The van der Waals surface area contributed by atoms with Crippen molar-refractivity contribution in [1.29, 1.82) is 0 Å². The lowest BCUT2D eigenvalue weighted by Gasteiger charge is -2.23. The third-order valence-corrected chi connectivity index (χ3v) is 2.88. The zero-order valence-electron chi connectivity index (χ0n) is 9.33. The molecule has 0 aliphatic rings. The normalized spacial score (nSPS) is 13.4. The standard InChI is InChI=1S/C8H12F4O5S/c1-2-6(13)17-5-3-4-7(9,10)8(11,12)18(14,15)16/h2-5H2,1H3,(H,14,15,16). The third-order valence-electron chi connectivity index (χ3n) is 1.94. The smallest absolute Gasteiger partial charge is 0.431 e. The third kappa shape index (κ3) is 4.09. The highest BCUT2D eigenvalue weighted by Crippen LogP contribution is 2.41. The number of hydrogen-bond acceptors (Lipinski definition) is 4. The molecule has 18 heavy (non-hydrogen) atoms. The van der Waals surface area contributed by atoms with Gasteiger partial charge in [0.2, 0.25) is 0 Å². The Kier molecular flexibility index (Phi) is 5.54. The highest BCUT2D eigenvalue weighted by Gasteiger charge is 2.64. The Morgan fingerprint density at radius 3 is 2.17 bits per heavy atom. The van der Waals surface area contributed by atoms with Crippen LogP contribution in [0.1, 0.15) is 26.2 Å². The molecule has 5 nitrogen and oxygen atoms in total. The van der Waals surface area contributed by atoms with Crippen LogP contribution < -0.4 is 0 Å². The molecule has 0 rings (SSSR count). The van der Waals surface area contributed by atoms with E-state index in [1.165, 1.54) is 6.92 Å². The van der Waals surface area contributed by atoms with Crippen LogP contribution >= 0.6 is 0 Å². The number of rotatable bonds is 7. The first-order chi connectivity index (χ1) is 7.95. The lowest BCUT2D eigenvalue weighted by Crippen LogP contribution is -2.46. The lowest BCUT2D eigenvalue weighted by molar-refractivity contribution is -0.167. The van der Waals surface area contributed by atoms with Crippen LogP contribution in [0.4, 0.5) is 17.6 Å². The molecule has 1 N–H and O–H groups in total. The predicted molar refractivity (Wildman–Crippen MR) is 51.9 cm³/mol. The first-order valence-corrected chi connectivity index (χ1v) is 6.28. The van der Waals surface area contributed by atoms with Gasteiger partial charge in [0.15, 0.2) is 0 Å². The van der Waals surface area contributed by atoms with Crippen LogP contribution in [-0.2, 0) is 19.6 Å². The Bertz CT molecular complexity index is 392. The molecule has 0 bridgehead atoms. The number of carbonyl (C=O) groups excluding carboxylic acids is 1. The van der Waals surface area contributed by atoms with E-state index in [0.29, 0.717) is 0 Å². The summed E-state index contributed by atoms with van der Waals surface area (Å²) in [6.45, 7) is 0.910. The molecule has 0 saturated heterocycles. The molecule has 0 unspecified atom stereocenters. The van der Waals surface area contributed by atoms with Gasteiger partial charge < -0.3 is 4.74 Å². The maximum Gasteiger partial charge on any atom is 0.431 e. The summed E-state index contributed by atoms with van der Waals surface area (Å²) in [5.41, 5.74) is 0. The van der Waals surface area contributed by atoms with Gasteiger partial charge in [0.05, 0.1) is 6.61 Å². The van der Waals surface area contributed by atoms with E-state index < -0.39 is 46.7 Å². The van der Waals surface area contributed by atoms with Gasteiger partial charge in [-0.2, -0.15) is 26.0 Å². The Labute approximate surface area is 101 Å². The van der Waals surface area contributed by atoms with E-state index in [4.69, 9.17) is 4.55 Å². The SMILES string of the molecule is CCC(=O)OCCCC(F)(F)C(F)(F)S(=O)(=O)O. The monoisotopic (exact) mass is 296 g/mol. The molecule has 0 aliphatic heterocycles. The van der Waals surface area contributed by atoms with Gasteiger partial charge in [-0.15, -0.1) is 0 Å². The van der Waals surface area contributed by atoms with Gasteiger partial charge in [-0.05, 0) is 6.42 Å². The van der Waals surface area contributed by atoms with Crippen molar-refractivity contribution in [3.05, 3.63) is 0 Å². The van der Waals surface area contributed by atoms with Crippen molar-refractivity contribution >= 4 is 16.1 Å². The minimum atomic E-state index is -6.21. The molecule has 0 aliphatic carbocycles. The van der Waals surface area contributed by atoms with Crippen molar-refractivity contribution in [2.24, 2.45) is 0 Å².